The molecule has 2 fully saturated rings. The molecule has 3 nitrogen and oxygen atoms in total. The maximum Gasteiger partial charge on any atom is 0.192 e. The zero-order valence-corrected chi connectivity index (χ0v) is 14.7. The smallest absolute Gasteiger partial charge is 0.192 e. The van der Waals surface area contributed by atoms with Crippen molar-refractivity contribution in [2.75, 3.05) is 13.1 Å². The number of allylic oxidation sites excluding steroid dienone is 2. The molecule has 0 aromatic heterocycles. The van der Waals surface area contributed by atoms with Gasteiger partial charge in [-0.1, -0.05) is 40.0 Å². The molecule has 0 bridgehead atoms. The largest absolute Gasteiger partial charge is 0.447 e. The molecule has 126 valence electrons. The predicted octanol–water partition coefficient (Wildman–Crippen LogP) is 4.88. The van der Waals surface area contributed by atoms with Crippen molar-refractivity contribution >= 4 is 5.90 Å². The van der Waals surface area contributed by atoms with E-state index >= 15 is 0 Å². The number of piperidine rings is 1. The predicted molar refractivity (Wildman–Crippen MR) is 93.1 cm³/mol. The van der Waals surface area contributed by atoms with Gasteiger partial charge >= 0.3 is 0 Å². The molecule has 1 saturated carbocycles. The lowest BCUT2D eigenvalue weighted by atomic mass is 9.73. The Hall–Kier alpha value is -0.830. The summed E-state index contributed by atoms with van der Waals surface area (Å²) in [7, 11) is 0. The molecule has 0 aromatic carbocycles. The summed E-state index contributed by atoms with van der Waals surface area (Å²) in [5.41, 5.74) is -0.163. The molecule has 0 atom stereocenters. The van der Waals surface area contributed by atoms with Crippen LogP contribution in [0.25, 0.3) is 0 Å². The topological polar surface area (TPSA) is 45.1 Å². The highest BCUT2D eigenvalue weighted by molar-refractivity contribution is 5.80. The van der Waals surface area contributed by atoms with Crippen LogP contribution in [0.4, 0.5) is 0 Å². The summed E-state index contributed by atoms with van der Waals surface area (Å²) in [5, 5.41) is 12.0. The molecule has 3 heteroatoms. The molecule has 2 aliphatic rings. The molecular formula is C19H34N2O. The summed E-state index contributed by atoms with van der Waals surface area (Å²) in [6.07, 6.45) is 11.9. The van der Waals surface area contributed by atoms with Crippen LogP contribution in [0.3, 0.4) is 0 Å². The third-order valence-corrected chi connectivity index (χ3v) is 5.58. The van der Waals surface area contributed by atoms with Crippen LogP contribution in [-0.4, -0.2) is 19.0 Å². The van der Waals surface area contributed by atoms with E-state index in [1.807, 2.05) is 0 Å². The molecule has 1 aliphatic heterocycles. The van der Waals surface area contributed by atoms with Crippen molar-refractivity contribution in [1.82, 2.24) is 5.32 Å². The van der Waals surface area contributed by atoms with Gasteiger partial charge in [0.25, 0.3) is 0 Å². The number of hydrogen-bond donors (Lipinski definition) is 2. The Balaban J connectivity index is 2.01. The molecule has 22 heavy (non-hydrogen) atoms. The van der Waals surface area contributed by atoms with Gasteiger partial charge in [-0.2, -0.15) is 0 Å². The van der Waals surface area contributed by atoms with Crippen molar-refractivity contribution in [3.63, 3.8) is 0 Å². The maximum atomic E-state index is 8.57. The van der Waals surface area contributed by atoms with Crippen LogP contribution < -0.4 is 5.32 Å². The standard InChI is InChI=1S/C19H34N2O/c1-4-8-17(15-9-6-5-7-10-15)22-18(20)19(2,3)16-11-13-21-14-12-16/h8,15-16,20-21H,4-7,9-14H2,1-3H3/b17-8+,20-18?. The summed E-state index contributed by atoms with van der Waals surface area (Å²) in [6, 6.07) is 0. The van der Waals surface area contributed by atoms with E-state index in [2.05, 4.69) is 32.2 Å². The summed E-state index contributed by atoms with van der Waals surface area (Å²) < 4.78 is 6.17. The van der Waals surface area contributed by atoms with E-state index in [1.165, 1.54) is 32.1 Å². The first-order valence-corrected chi connectivity index (χ1v) is 9.23. The van der Waals surface area contributed by atoms with Gasteiger partial charge in [0.1, 0.15) is 5.76 Å². The van der Waals surface area contributed by atoms with Crippen molar-refractivity contribution < 1.29 is 4.74 Å². The van der Waals surface area contributed by atoms with Crippen LogP contribution in [0.15, 0.2) is 11.8 Å². The average molecular weight is 306 g/mol. The molecule has 2 N–H and O–H groups in total. The fraction of sp³-hybridized carbons (Fsp3) is 0.842. The normalized spacial score (nSPS) is 22.6. The molecule has 1 saturated heterocycles. The fourth-order valence-corrected chi connectivity index (χ4v) is 3.86. The number of nitrogens with one attached hydrogen (secondary N) is 2. The van der Waals surface area contributed by atoms with Gasteiger partial charge in [0.15, 0.2) is 5.90 Å². The second-order valence-corrected chi connectivity index (χ2v) is 7.53. The van der Waals surface area contributed by atoms with Crippen LogP contribution in [-0.2, 0) is 4.74 Å². The second-order valence-electron chi connectivity index (χ2n) is 7.53. The Kier molecular flexibility index (Phi) is 6.49. The Morgan fingerprint density at radius 3 is 2.36 bits per heavy atom. The van der Waals surface area contributed by atoms with Gasteiger partial charge in [-0.3, -0.25) is 5.41 Å². The van der Waals surface area contributed by atoms with Crippen molar-refractivity contribution in [2.24, 2.45) is 17.3 Å². The molecule has 1 aliphatic carbocycles. The number of hydrogen-bond acceptors (Lipinski definition) is 3. The van der Waals surface area contributed by atoms with Crippen LogP contribution in [0, 0.1) is 22.7 Å². The SMILES string of the molecule is CC/C=C(/OC(=N)C(C)(C)C1CCNCC1)C1CCCCC1. The van der Waals surface area contributed by atoms with Gasteiger partial charge < -0.3 is 10.1 Å². The Morgan fingerprint density at radius 1 is 1.14 bits per heavy atom. The highest BCUT2D eigenvalue weighted by Crippen LogP contribution is 2.37. The van der Waals surface area contributed by atoms with Gasteiger partial charge in [0, 0.05) is 11.3 Å². The van der Waals surface area contributed by atoms with E-state index in [9.17, 15) is 0 Å². The van der Waals surface area contributed by atoms with Gasteiger partial charge in [-0.05, 0) is 57.2 Å². The molecule has 0 unspecified atom stereocenters. The lowest BCUT2D eigenvalue weighted by Gasteiger charge is -2.38. The molecule has 0 aromatic rings. The van der Waals surface area contributed by atoms with Gasteiger partial charge in [0.05, 0.1) is 0 Å². The van der Waals surface area contributed by atoms with Gasteiger partial charge in [-0.15, -0.1) is 0 Å². The molecule has 2 rings (SSSR count). The van der Waals surface area contributed by atoms with Crippen LogP contribution in [0.1, 0.15) is 72.1 Å². The minimum atomic E-state index is -0.163. The zero-order chi connectivity index (χ0) is 16.0. The first-order chi connectivity index (χ1) is 10.6. The highest BCUT2D eigenvalue weighted by atomic mass is 16.5. The lowest BCUT2D eigenvalue weighted by Crippen LogP contribution is -2.41. The molecule has 0 amide bonds. The average Bonchev–Trinajstić information content (AvgIpc) is 2.56. The van der Waals surface area contributed by atoms with Crippen molar-refractivity contribution in [1.29, 1.82) is 5.41 Å². The fourth-order valence-electron chi connectivity index (χ4n) is 3.86. The van der Waals surface area contributed by atoms with Crippen molar-refractivity contribution in [2.45, 2.75) is 72.1 Å². The van der Waals surface area contributed by atoms with Crippen molar-refractivity contribution in [3.05, 3.63) is 11.8 Å². The first-order valence-electron chi connectivity index (χ1n) is 9.23. The van der Waals surface area contributed by atoms with E-state index in [0.717, 1.165) is 38.1 Å². The van der Waals surface area contributed by atoms with Crippen molar-refractivity contribution in [3.8, 4) is 0 Å². The minimum Gasteiger partial charge on any atom is -0.447 e. The Morgan fingerprint density at radius 2 is 1.77 bits per heavy atom. The molecule has 0 spiro atoms. The first kappa shape index (κ1) is 17.5. The summed E-state index contributed by atoms with van der Waals surface area (Å²) in [4.78, 5) is 0. The van der Waals surface area contributed by atoms with Crippen LogP contribution >= 0.6 is 0 Å². The quantitative estimate of drug-likeness (QED) is 0.432. The zero-order valence-electron chi connectivity index (χ0n) is 14.7. The molecular weight excluding hydrogens is 272 g/mol. The monoisotopic (exact) mass is 306 g/mol. The lowest BCUT2D eigenvalue weighted by molar-refractivity contribution is 0.184. The third-order valence-electron chi connectivity index (χ3n) is 5.58. The highest BCUT2D eigenvalue weighted by Gasteiger charge is 2.37. The second kappa shape index (κ2) is 8.14. The third kappa shape index (κ3) is 4.34. The molecule has 1 heterocycles. The Labute approximate surface area is 136 Å². The summed E-state index contributed by atoms with van der Waals surface area (Å²) >= 11 is 0. The minimum absolute atomic E-state index is 0.163. The number of rotatable bonds is 5. The summed E-state index contributed by atoms with van der Waals surface area (Å²) in [6.45, 7) is 8.68. The van der Waals surface area contributed by atoms with Gasteiger partial charge in [0.2, 0.25) is 0 Å². The van der Waals surface area contributed by atoms with E-state index in [0.29, 0.717) is 17.7 Å². The summed E-state index contributed by atoms with van der Waals surface area (Å²) in [5.74, 6) is 2.65. The maximum absolute atomic E-state index is 8.57. The Bertz CT molecular complexity index is 388. The van der Waals surface area contributed by atoms with Gasteiger partial charge in [-0.25, -0.2) is 0 Å². The van der Waals surface area contributed by atoms with Crippen LogP contribution in [0.5, 0.6) is 0 Å². The van der Waals surface area contributed by atoms with Crippen LogP contribution in [0.2, 0.25) is 0 Å². The molecule has 0 radical (unpaired) electrons. The van der Waals surface area contributed by atoms with E-state index in [1.54, 1.807) is 0 Å². The van der Waals surface area contributed by atoms with E-state index in [-0.39, 0.29) is 5.41 Å². The van der Waals surface area contributed by atoms with E-state index in [4.69, 9.17) is 10.1 Å². The van der Waals surface area contributed by atoms with E-state index < -0.39 is 0 Å². The number of ether oxygens (including phenoxy) is 1.